The van der Waals surface area contributed by atoms with E-state index in [1.807, 2.05) is 0 Å². The fraction of sp³-hybridized carbons (Fsp3) is 0.316. The fourth-order valence-electron chi connectivity index (χ4n) is 2.80. The van der Waals surface area contributed by atoms with Crippen LogP contribution in [-0.4, -0.2) is 47.2 Å². The minimum atomic E-state index is -3.83. The maximum Gasteiger partial charge on any atom is 0.251 e. The minimum Gasteiger partial charge on any atom is -0.495 e. The van der Waals surface area contributed by atoms with Crippen molar-refractivity contribution in [1.29, 1.82) is 0 Å². The molecule has 0 aliphatic rings. The summed E-state index contributed by atoms with van der Waals surface area (Å²) in [5.74, 6) is -0.332. The number of hydrogen-bond donors (Lipinski definition) is 2. The molecule has 0 aliphatic carbocycles. The van der Waals surface area contributed by atoms with Gasteiger partial charge in [-0.05, 0) is 35.9 Å². The van der Waals surface area contributed by atoms with E-state index >= 15 is 0 Å². The van der Waals surface area contributed by atoms with Crippen molar-refractivity contribution >= 4 is 26.0 Å². The van der Waals surface area contributed by atoms with Crippen molar-refractivity contribution in [2.75, 3.05) is 20.2 Å². The Hall–Kier alpha value is -2.47. The van der Waals surface area contributed by atoms with Gasteiger partial charge in [0.1, 0.15) is 10.6 Å². The molecule has 0 saturated heterocycles. The Morgan fingerprint density at radius 3 is 2.13 bits per heavy atom. The molecule has 0 saturated carbocycles. The molecule has 2 aromatic rings. The third-order valence-electron chi connectivity index (χ3n) is 4.45. The molecule has 11 heteroatoms. The first kappa shape index (κ1) is 23.8. The lowest BCUT2D eigenvalue weighted by atomic mass is 10.2. The largest absolute Gasteiger partial charge is 0.495 e. The third kappa shape index (κ3) is 5.36. The summed E-state index contributed by atoms with van der Waals surface area (Å²) in [5, 5.41) is 7.74. The zero-order valence-electron chi connectivity index (χ0n) is 17.0. The van der Waals surface area contributed by atoms with Gasteiger partial charge in [0, 0.05) is 25.2 Å². The number of nitrogens with zero attached hydrogens (tertiary/aromatic N) is 1. The molecule has 2 aromatic carbocycles. The molecule has 3 N–H and O–H groups in total. The molecule has 30 heavy (non-hydrogen) atoms. The maximum absolute atomic E-state index is 12.9. The molecule has 0 aromatic heterocycles. The lowest BCUT2D eigenvalue weighted by Crippen LogP contribution is -2.31. The lowest BCUT2D eigenvalue weighted by molar-refractivity contribution is 0.0950. The second-order valence-corrected chi connectivity index (χ2v) is 9.79. The van der Waals surface area contributed by atoms with Crippen LogP contribution in [0.3, 0.4) is 0 Å². The number of amides is 1. The Labute approximate surface area is 176 Å². The van der Waals surface area contributed by atoms with Crippen molar-refractivity contribution in [2.24, 2.45) is 5.14 Å². The van der Waals surface area contributed by atoms with Crippen molar-refractivity contribution in [1.82, 2.24) is 9.62 Å². The molecule has 0 heterocycles. The molecule has 0 aliphatic heterocycles. The molecule has 164 valence electrons. The van der Waals surface area contributed by atoms with Gasteiger partial charge < -0.3 is 10.1 Å². The second-order valence-electron chi connectivity index (χ2n) is 6.33. The Morgan fingerprint density at radius 2 is 1.63 bits per heavy atom. The van der Waals surface area contributed by atoms with Crippen LogP contribution in [0, 0.1) is 0 Å². The van der Waals surface area contributed by atoms with E-state index in [-0.39, 0.29) is 40.7 Å². The average molecular weight is 456 g/mol. The summed E-state index contributed by atoms with van der Waals surface area (Å²) < 4.78 is 54.8. The van der Waals surface area contributed by atoms with E-state index < -0.39 is 26.0 Å². The summed E-state index contributed by atoms with van der Waals surface area (Å²) in [5.41, 5.74) is 0.808. The van der Waals surface area contributed by atoms with E-state index in [1.54, 1.807) is 13.8 Å². The number of carbonyl (C=O) groups excluding carboxylic acids is 1. The van der Waals surface area contributed by atoms with E-state index in [1.165, 1.54) is 53.9 Å². The predicted molar refractivity (Wildman–Crippen MR) is 112 cm³/mol. The molecular formula is C19H25N3O6S2. The summed E-state index contributed by atoms with van der Waals surface area (Å²) in [6, 6.07) is 9.95. The highest BCUT2D eigenvalue weighted by Gasteiger charge is 2.26. The maximum atomic E-state index is 12.9. The van der Waals surface area contributed by atoms with E-state index in [0.29, 0.717) is 5.56 Å². The highest BCUT2D eigenvalue weighted by Crippen LogP contribution is 2.28. The number of benzene rings is 2. The van der Waals surface area contributed by atoms with Crippen LogP contribution in [0.1, 0.15) is 29.8 Å². The van der Waals surface area contributed by atoms with Crippen molar-refractivity contribution in [3.63, 3.8) is 0 Å². The van der Waals surface area contributed by atoms with Gasteiger partial charge in [-0.3, -0.25) is 4.79 Å². The van der Waals surface area contributed by atoms with Crippen molar-refractivity contribution in [3.05, 3.63) is 53.6 Å². The first-order valence-corrected chi connectivity index (χ1v) is 12.1. The topological polar surface area (TPSA) is 136 Å². The highest BCUT2D eigenvalue weighted by molar-refractivity contribution is 7.89. The van der Waals surface area contributed by atoms with Crippen LogP contribution in [0.15, 0.2) is 52.3 Å². The molecule has 9 nitrogen and oxygen atoms in total. The van der Waals surface area contributed by atoms with Gasteiger partial charge in [-0.25, -0.2) is 22.0 Å². The molecule has 0 spiro atoms. The van der Waals surface area contributed by atoms with Gasteiger partial charge in [0.2, 0.25) is 20.0 Å². The number of rotatable bonds is 9. The number of nitrogens with two attached hydrogens (primary N) is 1. The van der Waals surface area contributed by atoms with Crippen LogP contribution >= 0.6 is 0 Å². The van der Waals surface area contributed by atoms with Crippen LogP contribution in [-0.2, 0) is 26.6 Å². The molecule has 0 atom stereocenters. The zero-order valence-corrected chi connectivity index (χ0v) is 18.6. The van der Waals surface area contributed by atoms with Gasteiger partial charge in [-0.15, -0.1) is 0 Å². The minimum absolute atomic E-state index is 0.0287. The SMILES string of the molecule is CCN(CC)S(=O)(=O)c1cc(C(=O)NCc2ccc(S(N)(=O)=O)cc2)ccc1OC. The number of sulfonamides is 2. The van der Waals surface area contributed by atoms with Crippen molar-refractivity contribution in [3.8, 4) is 5.75 Å². The van der Waals surface area contributed by atoms with Gasteiger partial charge in [0.05, 0.1) is 12.0 Å². The molecule has 2 rings (SSSR count). The lowest BCUT2D eigenvalue weighted by Gasteiger charge is -2.20. The summed E-state index contributed by atoms with van der Waals surface area (Å²) in [6.45, 7) is 4.14. The van der Waals surface area contributed by atoms with Gasteiger partial charge in [0.15, 0.2) is 0 Å². The van der Waals surface area contributed by atoms with Crippen LogP contribution in [0.2, 0.25) is 0 Å². The number of nitrogens with one attached hydrogen (secondary N) is 1. The smallest absolute Gasteiger partial charge is 0.251 e. The Kier molecular flexibility index (Phi) is 7.59. The number of ether oxygens (including phenoxy) is 1. The first-order chi connectivity index (χ1) is 14.0. The van der Waals surface area contributed by atoms with E-state index in [4.69, 9.17) is 9.88 Å². The monoisotopic (exact) mass is 455 g/mol. The molecule has 0 bridgehead atoms. The third-order valence-corrected chi connectivity index (χ3v) is 7.45. The number of primary sulfonamides is 1. The van der Waals surface area contributed by atoms with Crippen molar-refractivity contribution < 1.29 is 26.4 Å². The average Bonchev–Trinajstić information content (AvgIpc) is 2.71. The predicted octanol–water partition coefficient (Wildman–Crippen LogP) is 1.30. The number of carbonyl (C=O) groups is 1. The van der Waals surface area contributed by atoms with Gasteiger partial charge in [-0.1, -0.05) is 26.0 Å². The summed E-state index contributed by atoms with van der Waals surface area (Å²) in [7, 11) is -6.25. The normalized spacial score (nSPS) is 12.0. The van der Waals surface area contributed by atoms with Gasteiger partial charge >= 0.3 is 0 Å². The number of methoxy groups -OCH3 is 1. The van der Waals surface area contributed by atoms with E-state index in [0.717, 1.165) is 0 Å². The second kappa shape index (κ2) is 9.56. The Balaban J connectivity index is 2.24. The molecular weight excluding hydrogens is 430 g/mol. The molecule has 0 fully saturated rings. The number of hydrogen-bond acceptors (Lipinski definition) is 6. The van der Waals surface area contributed by atoms with Gasteiger partial charge in [-0.2, -0.15) is 4.31 Å². The summed E-state index contributed by atoms with van der Waals surface area (Å²) in [4.78, 5) is 12.4. The van der Waals surface area contributed by atoms with Crippen LogP contribution < -0.4 is 15.2 Å². The summed E-state index contributed by atoms with van der Waals surface area (Å²) in [6.07, 6.45) is 0. The van der Waals surface area contributed by atoms with Gasteiger partial charge in [0.25, 0.3) is 5.91 Å². The standard InChI is InChI=1S/C19H25N3O6S2/c1-4-22(5-2)30(26,27)18-12-15(8-11-17(18)28-3)19(23)21-13-14-6-9-16(10-7-14)29(20,24)25/h6-12H,4-5,13H2,1-3H3,(H,21,23)(H2,20,24,25). The summed E-state index contributed by atoms with van der Waals surface area (Å²) >= 11 is 0. The van der Waals surface area contributed by atoms with Crippen LogP contribution in [0.5, 0.6) is 5.75 Å². The van der Waals surface area contributed by atoms with Crippen molar-refractivity contribution in [2.45, 2.75) is 30.2 Å². The van der Waals surface area contributed by atoms with E-state index in [2.05, 4.69) is 5.32 Å². The Morgan fingerprint density at radius 1 is 1.03 bits per heavy atom. The van der Waals surface area contributed by atoms with E-state index in [9.17, 15) is 21.6 Å². The quantitative estimate of drug-likeness (QED) is 0.585. The molecule has 0 unspecified atom stereocenters. The highest BCUT2D eigenvalue weighted by atomic mass is 32.2. The fourth-order valence-corrected chi connectivity index (χ4v) is 4.96. The Bertz CT molecular complexity index is 1110. The van der Waals surface area contributed by atoms with Crippen LogP contribution in [0.25, 0.3) is 0 Å². The first-order valence-electron chi connectivity index (χ1n) is 9.12. The molecule has 0 radical (unpaired) electrons. The van der Waals surface area contributed by atoms with Crippen LogP contribution in [0.4, 0.5) is 0 Å². The zero-order chi connectivity index (χ0) is 22.5. The molecule has 1 amide bonds.